The smallest absolute Gasteiger partial charge is 0.303 e. The molecule has 0 unspecified atom stereocenters. The van der Waals surface area contributed by atoms with Gasteiger partial charge in [0.25, 0.3) is 0 Å². The van der Waals surface area contributed by atoms with Crippen LogP contribution in [0.1, 0.15) is 36.4 Å². The van der Waals surface area contributed by atoms with E-state index in [1.165, 1.54) is 18.5 Å². The number of aliphatic carboxylic acids is 1. The van der Waals surface area contributed by atoms with E-state index in [-0.39, 0.29) is 6.42 Å². The number of rotatable bonds is 5. The van der Waals surface area contributed by atoms with Crippen molar-refractivity contribution in [1.82, 2.24) is 9.78 Å². The van der Waals surface area contributed by atoms with E-state index in [1.54, 1.807) is 0 Å². The van der Waals surface area contributed by atoms with Crippen LogP contribution in [0.4, 0.5) is 0 Å². The molecule has 0 bridgehead atoms. The molecule has 0 spiro atoms. The third kappa shape index (κ3) is 2.67. The Morgan fingerprint density at radius 2 is 2.00 bits per heavy atom. The third-order valence-corrected chi connectivity index (χ3v) is 3.48. The summed E-state index contributed by atoms with van der Waals surface area (Å²) in [6.07, 6.45) is 5.09. The van der Waals surface area contributed by atoms with E-state index in [4.69, 9.17) is 5.11 Å². The van der Waals surface area contributed by atoms with Gasteiger partial charge in [0.2, 0.25) is 0 Å². The van der Waals surface area contributed by atoms with Crippen molar-refractivity contribution < 1.29 is 9.90 Å². The zero-order valence-corrected chi connectivity index (χ0v) is 10.6. The molecule has 1 aromatic heterocycles. The van der Waals surface area contributed by atoms with Crippen LogP contribution in [0.3, 0.4) is 0 Å². The van der Waals surface area contributed by atoms with Crippen molar-refractivity contribution in [2.45, 2.75) is 31.6 Å². The first-order chi connectivity index (χ1) is 9.24. The molecule has 1 fully saturated rings. The number of aryl methyl sites for hydroxylation is 1. The average molecular weight is 256 g/mol. The second kappa shape index (κ2) is 4.88. The topological polar surface area (TPSA) is 55.1 Å². The normalized spacial score (nSPS) is 14.5. The van der Waals surface area contributed by atoms with Crippen molar-refractivity contribution in [3.8, 4) is 5.69 Å². The van der Waals surface area contributed by atoms with Crippen LogP contribution in [0.2, 0.25) is 0 Å². The number of hydrogen-bond donors (Lipinski definition) is 1. The third-order valence-electron chi connectivity index (χ3n) is 3.48. The maximum Gasteiger partial charge on any atom is 0.303 e. The Morgan fingerprint density at radius 1 is 1.26 bits per heavy atom. The Labute approximate surface area is 111 Å². The van der Waals surface area contributed by atoms with Crippen molar-refractivity contribution in [1.29, 1.82) is 0 Å². The molecule has 1 saturated carbocycles. The summed E-state index contributed by atoms with van der Waals surface area (Å²) in [5.41, 5.74) is 3.37. The van der Waals surface area contributed by atoms with Crippen LogP contribution in [-0.2, 0) is 11.2 Å². The highest BCUT2D eigenvalue weighted by molar-refractivity contribution is 5.67. The summed E-state index contributed by atoms with van der Waals surface area (Å²) >= 11 is 0. The Bertz CT molecular complexity index is 582. The van der Waals surface area contributed by atoms with E-state index < -0.39 is 5.97 Å². The average Bonchev–Trinajstić information content (AvgIpc) is 3.15. The fraction of sp³-hybridized carbons (Fsp3) is 0.333. The Hall–Kier alpha value is -2.10. The molecule has 0 atom stereocenters. The summed E-state index contributed by atoms with van der Waals surface area (Å²) in [6, 6.07) is 10.1. The molecule has 98 valence electrons. The van der Waals surface area contributed by atoms with Gasteiger partial charge in [-0.2, -0.15) is 5.10 Å². The number of benzene rings is 1. The van der Waals surface area contributed by atoms with Gasteiger partial charge in [-0.3, -0.25) is 4.79 Å². The summed E-state index contributed by atoms with van der Waals surface area (Å²) in [5, 5.41) is 13.0. The highest BCUT2D eigenvalue weighted by Crippen LogP contribution is 2.40. The quantitative estimate of drug-likeness (QED) is 0.895. The lowest BCUT2D eigenvalue weighted by Gasteiger charge is -2.07. The van der Waals surface area contributed by atoms with Gasteiger partial charge < -0.3 is 5.11 Å². The van der Waals surface area contributed by atoms with Gasteiger partial charge in [0.05, 0.1) is 5.69 Å². The standard InChI is InChI=1S/C15H16N2O2/c18-15(19)8-3-11-1-6-13(7-2-11)17-14(9-10-16-17)12-4-5-12/h1-2,6-7,9-10,12H,3-5,8H2,(H,18,19). The predicted molar refractivity (Wildman–Crippen MR) is 71.5 cm³/mol. The molecular formula is C15H16N2O2. The molecular weight excluding hydrogens is 240 g/mol. The minimum absolute atomic E-state index is 0.175. The van der Waals surface area contributed by atoms with Gasteiger partial charge in [0.1, 0.15) is 0 Å². The van der Waals surface area contributed by atoms with Gasteiger partial charge in [0.15, 0.2) is 0 Å². The first-order valence-corrected chi connectivity index (χ1v) is 6.59. The molecule has 2 aromatic rings. The number of carbonyl (C=O) groups is 1. The van der Waals surface area contributed by atoms with E-state index >= 15 is 0 Å². The minimum Gasteiger partial charge on any atom is -0.481 e. The van der Waals surface area contributed by atoms with Crippen molar-refractivity contribution in [3.05, 3.63) is 47.8 Å². The predicted octanol–water partition coefficient (Wildman–Crippen LogP) is 2.77. The Morgan fingerprint density at radius 3 is 2.63 bits per heavy atom. The maximum absolute atomic E-state index is 10.5. The summed E-state index contributed by atoms with van der Waals surface area (Å²) in [5.74, 6) is -0.0960. The largest absolute Gasteiger partial charge is 0.481 e. The lowest BCUT2D eigenvalue weighted by molar-refractivity contribution is -0.136. The summed E-state index contributed by atoms with van der Waals surface area (Å²) < 4.78 is 1.98. The summed E-state index contributed by atoms with van der Waals surface area (Å²) in [4.78, 5) is 10.5. The van der Waals surface area contributed by atoms with Crippen LogP contribution in [-0.4, -0.2) is 20.9 Å². The zero-order chi connectivity index (χ0) is 13.2. The van der Waals surface area contributed by atoms with Gasteiger partial charge in [-0.1, -0.05) is 12.1 Å². The van der Waals surface area contributed by atoms with Crippen molar-refractivity contribution >= 4 is 5.97 Å². The maximum atomic E-state index is 10.5. The monoisotopic (exact) mass is 256 g/mol. The molecule has 1 aliphatic carbocycles. The van der Waals surface area contributed by atoms with Gasteiger partial charge in [-0.25, -0.2) is 4.68 Å². The lowest BCUT2D eigenvalue weighted by atomic mass is 10.1. The molecule has 4 heteroatoms. The van der Waals surface area contributed by atoms with Crippen molar-refractivity contribution in [3.63, 3.8) is 0 Å². The minimum atomic E-state index is -0.757. The molecule has 1 N–H and O–H groups in total. The van der Waals surface area contributed by atoms with Crippen molar-refractivity contribution in [2.75, 3.05) is 0 Å². The van der Waals surface area contributed by atoms with Crippen LogP contribution >= 0.6 is 0 Å². The molecule has 1 aliphatic rings. The summed E-state index contributed by atoms with van der Waals surface area (Å²) in [7, 11) is 0. The van der Waals surface area contributed by atoms with Crippen LogP contribution in [0, 0.1) is 0 Å². The fourth-order valence-electron chi connectivity index (χ4n) is 2.27. The number of carboxylic acids is 1. The highest BCUT2D eigenvalue weighted by Gasteiger charge is 2.27. The highest BCUT2D eigenvalue weighted by atomic mass is 16.4. The Kier molecular flexibility index (Phi) is 3.07. The number of carboxylic acid groups (broad SMARTS) is 1. The first-order valence-electron chi connectivity index (χ1n) is 6.59. The van der Waals surface area contributed by atoms with Gasteiger partial charge in [-0.15, -0.1) is 0 Å². The first kappa shape index (κ1) is 12.0. The lowest BCUT2D eigenvalue weighted by Crippen LogP contribution is -2.01. The van der Waals surface area contributed by atoms with E-state index in [2.05, 4.69) is 11.2 Å². The van der Waals surface area contributed by atoms with Crippen LogP contribution < -0.4 is 0 Å². The molecule has 0 saturated heterocycles. The molecule has 0 radical (unpaired) electrons. The molecule has 1 aromatic carbocycles. The van der Waals surface area contributed by atoms with E-state index in [9.17, 15) is 4.79 Å². The fourth-order valence-corrected chi connectivity index (χ4v) is 2.27. The van der Waals surface area contributed by atoms with Gasteiger partial charge in [-0.05, 0) is 43.0 Å². The molecule has 4 nitrogen and oxygen atoms in total. The summed E-state index contributed by atoms with van der Waals surface area (Å²) in [6.45, 7) is 0. The molecule has 0 amide bonds. The Balaban J connectivity index is 1.78. The zero-order valence-electron chi connectivity index (χ0n) is 10.6. The number of nitrogens with zero attached hydrogens (tertiary/aromatic N) is 2. The molecule has 1 heterocycles. The van der Waals surface area contributed by atoms with E-state index in [0.29, 0.717) is 12.3 Å². The SMILES string of the molecule is O=C(O)CCc1ccc(-n2nccc2C2CC2)cc1. The van der Waals surface area contributed by atoms with E-state index in [0.717, 1.165) is 11.3 Å². The second-order valence-corrected chi connectivity index (χ2v) is 5.00. The van der Waals surface area contributed by atoms with Gasteiger partial charge in [0, 0.05) is 24.2 Å². The number of aromatic nitrogens is 2. The molecule has 3 rings (SSSR count). The van der Waals surface area contributed by atoms with Crippen LogP contribution in [0.25, 0.3) is 5.69 Å². The van der Waals surface area contributed by atoms with Crippen LogP contribution in [0.5, 0.6) is 0 Å². The number of hydrogen-bond acceptors (Lipinski definition) is 2. The van der Waals surface area contributed by atoms with Crippen LogP contribution in [0.15, 0.2) is 36.5 Å². The molecule has 19 heavy (non-hydrogen) atoms. The van der Waals surface area contributed by atoms with Crippen molar-refractivity contribution in [2.24, 2.45) is 0 Å². The van der Waals surface area contributed by atoms with Gasteiger partial charge >= 0.3 is 5.97 Å². The van der Waals surface area contributed by atoms with E-state index in [1.807, 2.05) is 35.1 Å². The second-order valence-electron chi connectivity index (χ2n) is 5.00. The molecule has 0 aliphatic heterocycles.